The summed E-state index contributed by atoms with van der Waals surface area (Å²) in [4.78, 5) is 14.3. The third-order valence-electron chi connectivity index (χ3n) is 4.63. The summed E-state index contributed by atoms with van der Waals surface area (Å²) in [5.41, 5.74) is 2.56. The molecule has 0 saturated heterocycles. The van der Waals surface area contributed by atoms with Gasteiger partial charge >= 0.3 is 0 Å². The van der Waals surface area contributed by atoms with Crippen LogP contribution in [-0.4, -0.2) is 24.5 Å². The Kier molecular flexibility index (Phi) is 5.60. The monoisotopic (exact) mass is 456 g/mol. The molecule has 2 aromatic carbocycles. The SMILES string of the molecule is CS(=O)(=O)c1ccc(-c2cnn(Cc3ccccc3)c(=O)c2-c2ccc(Cl)s2)cc1. The molecule has 0 spiro atoms. The molecule has 0 aliphatic heterocycles. The molecule has 0 atom stereocenters. The molecule has 8 heteroatoms. The number of halogens is 1. The Morgan fingerprint density at radius 3 is 2.30 bits per heavy atom. The standard InChI is InChI=1S/C22H17ClN2O3S2/c1-30(27,28)17-9-7-16(8-10-17)18-13-24-25(14-15-5-3-2-4-6-15)22(26)21(18)19-11-12-20(23)29-19/h2-13H,14H2,1H3. The van der Waals surface area contributed by atoms with Gasteiger partial charge in [-0.3, -0.25) is 4.79 Å². The Bertz CT molecular complexity index is 1360. The zero-order chi connectivity index (χ0) is 21.3. The molecule has 0 fully saturated rings. The smallest absolute Gasteiger partial charge is 0.267 e. The number of aromatic nitrogens is 2. The van der Waals surface area contributed by atoms with E-state index in [0.29, 0.717) is 27.6 Å². The van der Waals surface area contributed by atoms with Crippen molar-refractivity contribution < 1.29 is 8.42 Å². The number of sulfone groups is 1. The largest absolute Gasteiger partial charge is 0.276 e. The zero-order valence-electron chi connectivity index (χ0n) is 15.9. The van der Waals surface area contributed by atoms with Crippen LogP contribution >= 0.6 is 22.9 Å². The number of nitrogens with zero attached hydrogens (tertiary/aromatic N) is 2. The Hall–Kier alpha value is -2.74. The molecule has 5 nitrogen and oxygen atoms in total. The van der Waals surface area contributed by atoms with Crippen LogP contribution in [0.25, 0.3) is 21.6 Å². The highest BCUT2D eigenvalue weighted by molar-refractivity contribution is 7.90. The van der Waals surface area contributed by atoms with Crippen LogP contribution in [0.5, 0.6) is 0 Å². The molecule has 0 radical (unpaired) electrons. The highest BCUT2D eigenvalue weighted by atomic mass is 35.5. The van der Waals surface area contributed by atoms with Crippen LogP contribution in [0.3, 0.4) is 0 Å². The van der Waals surface area contributed by atoms with Crippen molar-refractivity contribution in [3.8, 4) is 21.6 Å². The van der Waals surface area contributed by atoms with Gasteiger partial charge in [0.1, 0.15) is 0 Å². The predicted octanol–water partition coefficient (Wildman–Crippen LogP) is 4.74. The van der Waals surface area contributed by atoms with Crippen LogP contribution in [0.1, 0.15) is 5.56 Å². The molecule has 0 saturated carbocycles. The van der Waals surface area contributed by atoms with E-state index in [-0.39, 0.29) is 10.5 Å². The number of benzene rings is 2. The Morgan fingerprint density at radius 1 is 1.00 bits per heavy atom. The van der Waals surface area contributed by atoms with Gasteiger partial charge in [-0.05, 0) is 35.4 Å². The molecule has 4 rings (SSSR count). The van der Waals surface area contributed by atoms with E-state index in [2.05, 4.69) is 5.10 Å². The molecule has 4 aromatic rings. The van der Waals surface area contributed by atoms with Crippen LogP contribution in [0, 0.1) is 0 Å². The molecule has 0 unspecified atom stereocenters. The normalized spacial score (nSPS) is 11.5. The minimum atomic E-state index is -3.31. The molecule has 0 aliphatic rings. The molecule has 0 amide bonds. The van der Waals surface area contributed by atoms with Crippen molar-refractivity contribution in [3.63, 3.8) is 0 Å². The minimum Gasteiger partial charge on any atom is -0.267 e. The molecule has 2 heterocycles. The van der Waals surface area contributed by atoms with Crippen molar-refractivity contribution in [1.29, 1.82) is 0 Å². The van der Waals surface area contributed by atoms with Gasteiger partial charge in [0.25, 0.3) is 5.56 Å². The Morgan fingerprint density at radius 2 is 1.70 bits per heavy atom. The van der Waals surface area contributed by atoms with Gasteiger partial charge in [-0.15, -0.1) is 11.3 Å². The summed E-state index contributed by atoms with van der Waals surface area (Å²) in [5, 5.41) is 4.37. The Balaban J connectivity index is 1.86. The lowest BCUT2D eigenvalue weighted by Crippen LogP contribution is -2.25. The topological polar surface area (TPSA) is 69.0 Å². The number of rotatable bonds is 5. The molecule has 152 valence electrons. The maximum absolute atomic E-state index is 13.4. The first-order chi connectivity index (χ1) is 14.3. The van der Waals surface area contributed by atoms with Crippen molar-refractivity contribution in [1.82, 2.24) is 9.78 Å². The van der Waals surface area contributed by atoms with E-state index < -0.39 is 9.84 Å². The quantitative estimate of drug-likeness (QED) is 0.434. The molecule has 2 aromatic heterocycles. The highest BCUT2D eigenvalue weighted by Crippen LogP contribution is 2.35. The zero-order valence-corrected chi connectivity index (χ0v) is 18.3. The molecular formula is C22H17ClN2O3S2. The maximum atomic E-state index is 13.4. The average molecular weight is 457 g/mol. The fraction of sp³-hybridized carbons (Fsp3) is 0.0909. The summed E-state index contributed by atoms with van der Waals surface area (Å²) in [6.07, 6.45) is 2.80. The number of thiophene rings is 1. The highest BCUT2D eigenvalue weighted by Gasteiger charge is 2.18. The second-order valence-corrected chi connectivity index (χ2v) is 10.5. The van der Waals surface area contributed by atoms with Gasteiger partial charge < -0.3 is 0 Å². The first kappa shape index (κ1) is 20.5. The van der Waals surface area contributed by atoms with Gasteiger partial charge in [0.2, 0.25) is 0 Å². The second kappa shape index (κ2) is 8.18. The van der Waals surface area contributed by atoms with E-state index in [4.69, 9.17) is 11.6 Å². The van der Waals surface area contributed by atoms with E-state index in [1.54, 1.807) is 24.4 Å². The summed E-state index contributed by atoms with van der Waals surface area (Å²) in [6.45, 7) is 0.346. The summed E-state index contributed by atoms with van der Waals surface area (Å²) in [6, 6.07) is 19.6. The van der Waals surface area contributed by atoms with Crippen LogP contribution < -0.4 is 5.56 Å². The van der Waals surface area contributed by atoms with Gasteiger partial charge in [-0.1, -0.05) is 54.1 Å². The van der Waals surface area contributed by atoms with Crippen molar-refractivity contribution in [2.24, 2.45) is 0 Å². The first-order valence-electron chi connectivity index (χ1n) is 9.03. The van der Waals surface area contributed by atoms with Crippen LogP contribution in [0.2, 0.25) is 4.34 Å². The molecule has 0 aliphatic carbocycles. The first-order valence-corrected chi connectivity index (χ1v) is 12.1. The van der Waals surface area contributed by atoms with E-state index in [1.807, 2.05) is 36.4 Å². The number of hydrogen-bond acceptors (Lipinski definition) is 5. The second-order valence-electron chi connectivity index (χ2n) is 6.78. The molecule has 0 bridgehead atoms. The fourth-order valence-corrected chi connectivity index (χ4v) is 4.87. The summed E-state index contributed by atoms with van der Waals surface area (Å²) in [7, 11) is -3.31. The van der Waals surface area contributed by atoms with Crippen LogP contribution in [0.4, 0.5) is 0 Å². The third kappa shape index (κ3) is 4.23. The van der Waals surface area contributed by atoms with Gasteiger partial charge in [0, 0.05) is 16.7 Å². The Labute approximate surface area is 183 Å². The van der Waals surface area contributed by atoms with Crippen molar-refractivity contribution in [2.75, 3.05) is 6.26 Å². The third-order valence-corrected chi connectivity index (χ3v) is 7.01. The maximum Gasteiger partial charge on any atom is 0.276 e. The van der Waals surface area contributed by atoms with E-state index in [0.717, 1.165) is 16.7 Å². The van der Waals surface area contributed by atoms with Crippen LogP contribution in [-0.2, 0) is 16.4 Å². The van der Waals surface area contributed by atoms with Crippen molar-refractivity contribution in [3.05, 3.63) is 93.2 Å². The van der Waals surface area contributed by atoms with Gasteiger partial charge in [0.15, 0.2) is 9.84 Å². The van der Waals surface area contributed by atoms with E-state index >= 15 is 0 Å². The van der Waals surface area contributed by atoms with Gasteiger partial charge in [-0.25, -0.2) is 13.1 Å². The minimum absolute atomic E-state index is 0.220. The average Bonchev–Trinajstić information content (AvgIpc) is 3.15. The van der Waals surface area contributed by atoms with E-state index in [9.17, 15) is 13.2 Å². The molecule has 30 heavy (non-hydrogen) atoms. The number of hydrogen-bond donors (Lipinski definition) is 0. The lowest BCUT2D eigenvalue weighted by Gasteiger charge is -2.12. The van der Waals surface area contributed by atoms with Crippen molar-refractivity contribution >= 4 is 32.8 Å². The van der Waals surface area contributed by atoms with Crippen LogP contribution in [0.15, 0.2) is 82.6 Å². The van der Waals surface area contributed by atoms with Gasteiger partial charge in [0.05, 0.1) is 27.5 Å². The fourth-order valence-electron chi connectivity index (χ4n) is 3.14. The summed E-state index contributed by atoms with van der Waals surface area (Å²) >= 11 is 7.44. The lowest BCUT2D eigenvalue weighted by molar-refractivity contribution is 0.602. The van der Waals surface area contributed by atoms with Gasteiger partial charge in [-0.2, -0.15) is 5.10 Å². The van der Waals surface area contributed by atoms with Crippen molar-refractivity contribution in [2.45, 2.75) is 11.4 Å². The van der Waals surface area contributed by atoms with E-state index in [1.165, 1.54) is 28.2 Å². The summed E-state index contributed by atoms with van der Waals surface area (Å²) in [5.74, 6) is 0. The summed E-state index contributed by atoms with van der Waals surface area (Å²) < 4.78 is 25.5. The molecular weight excluding hydrogens is 440 g/mol. The lowest BCUT2D eigenvalue weighted by atomic mass is 10.0. The predicted molar refractivity (Wildman–Crippen MR) is 121 cm³/mol. The molecule has 0 N–H and O–H groups in total.